The van der Waals surface area contributed by atoms with Crippen LogP contribution in [-0.4, -0.2) is 20.6 Å². The van der Waals surface area contributed by atoms with Crippen LogP contribution in [0.5, 0.6) is 5.75 Å². The largest absolute Gasteiger partial charge is 0.522 e. The molecule has 0 aliphatic heterocycles. The van der Waals surface area contributed by atoms with E-state index in [9.17, 15) is 12.9 Å². The van der Waals surface area contributed by atoms with Gasteiger partial charge in [0.25, 0.3) is 0 Å². The first-order valence-corrected chi connectivity index (χ1v) is 4.43. The lowest BCUT2D eigenvalue weighted by atomic mass is 9.95. The molecule has 1 aromatic rings. The van der Waals surface area contributed by atoms with Crippen molar-refractivity contribution in [1.29, 1.82) is 0 Å². The van der Waals surface area contributed by atoms with Gasteiger partial charge in [-0.15, -0.1) is 0 Å². The molecule has 0 radical (unpaired) electrons. The monoisotopic (exact) mass is 219 g/mol. The molecule has 0 unspecified atom stereocenters. The molecule has 0 atom stereocenters. The van der Waals surface area contributed by atoms with E-state index in [0.717, 1.165) is 5.56 Å². The molecule has 0 aliphatic rings. The van der Waals surface area contributed by atoms with Gasteiger partial charge >= 0.3 is 6.98 Å². The summed E-state index contributed by atoms with van der Waals surface area (Å²) in [6.45, 7) is -5.76. The molecule has 15 heavy (non-hydrogen) atoms. The van der Waals surface area contributed by atoms with Crippen molar-refractivity contribution in [3.63, 3.8) is 0 Å². The summed E-state index contributed by atoms with van der Waals surface area (Å²) in [6.07, 6.45) is 0. The van der Waals surface area contributed by atoms with Gasteiger partial charge in [-0.3, -0.25) is 0 Å². The van der Waals surface area contributed by atoms with Gasteiger partial charge in [-0.05, 0) is 17.7 Å². The van der Waals surface area contributed by atoms with Gasteiger partial charge in [-0.1, -0.05) is 12.1 Å². The predicted octanol–water partition coefficient (Wildman–Crippen LogP) is 2.60. The second-order valence-electron chi connectivity index (χ2n) is 3.10. The van der Waals surface area contributed by atoms with Crippen molar-refractivity contribution >= 4 is 6.98 Å². The van der Waals surface area contributed by atoms with Crippen LogP contribution in [0.2, 0.25) is 0 Å². The quantitative estimate of drug-likeness (QED) is 0.708. The summed E-state index contributed by atoms with van der Waals surface area (Å²) in [4.78, 5) is 0. The normalized spacial score (nSPS) is 11.5. The van der Waals surface area contributed by atoms with Crippen molar-refractivity contribution < 1.29 is 22.4 Å². The predicted molar refractivity (Wildman–Crippen MR) is 51.7 cm³/mol. The minimum Gasteiger partial charge on any atom is -0.522 e. The Morgan fingerprint density at radius 3 is 2.60 bits per heavy atom. The Hall–Kier alpha value is -1.17. The highest BCUT2D eigenvalue weighted by molar-refractivity contribution is 6.58. The van der Waals surface area contributed by atoms with E-state index >= 15 is 0 Å². The van der Waals surface area contributed by atoms with Gasteiger partial charge in [0.2, 0.25) is 0 Å². The van der Waals surface area contributed by atoms with Gasteiger partial charge in [-0.2, -0.15) is 0 Å². The number of halogens is 3. The molecule has 1 rings (SSSR count). The summed E-state index contributed by atoms with van der Waals surface area (Å²) in [6, 6.07) is 6.41. The lowest BCUT2D eigenvalue weighted by molar-refractivity contribution is 0.184. The van der Waals surface area contributed by atoms with E-state index in [-0.39, 0.29) is 5.75 Å². The van der Waals surface area contributed by atoms with Crippen LogP contribution in [0.15, 0.2) is 24.3 Å². The third kappa shape index (κ3) is 4.74. The fourth-order valence-electron chi connectivity index (χ4n) is 1.08. The average molecular weight is 219 g/mol. The molecule has 1 aromatic carbocycles. The second kappa shape index (κ2) is 5.07. The summed E-state index contributed by atoms with van der Waals surface area (Å²) < 4.78 is 45.2. The van der Waals surface area contributed by atoms with E-state index in [4.69, 9.17) is 4.74 Å². The fraction of sp³-hybridized carbons (Fsp3) is 0.333. The van der Waals surface area contributed by atoms with Gasteiger partial charge < -0.3 is 22.4 Å². The molecule has 0 N–H and O–H groups in total. The van der Waals surface area contributed by atoms with Gasteiger partial charge in [0.1, 0.15) is 5.75 Å². The first kappa shape index (κ1) is 11.9. The molecule has 6 heteroatoms. The topological polar surface area (TPSA) is 18.5 Å². The maximum Gasteiger partial charge on any atom is 0.515 e. The molecule has 2 nitrogen and oxygen atoms in total. The van der Waals surface area contributed by atoms with Gasteiger partial charge in [0.15, 0.2) is 0 Å². The summed E-state index contributed by atoms with van der Waals surface area (Å²) >= 11 is 0. The van der Waals surface area contributed by atoms with E-state index in [0.29, 0.717) is 6.61 Å². The summed E-state index contributed by atoms with van der Waals surface area (Å²) in [7, 11) is 1.52. The Balaban J connectivity index is 2.57. The molecule has 0 bridgehead atoms. The van der Waals surface area contributed by atoms with Crippen molar-refractivity contribution in [1.82, 2.24) is 0 Å². The number of ether oxygens (including phenoxy) is 2. The lowest BCUT2D eigenvalue weighted by Crippen LogP contribution is -2.26. The summed E-state index contributed by atoms with van der Waals surface area (Å²) in [5.41, 5.74) is 0.782. The zero-order valence-electron chi connectivity index (χ0n) is 8.25. The Bertz CT molecular complexity index is 314. The summed E-state index contributed by atoms with van der Waals surface area (Å²) in [5, 5.41) is 0. The SMILES string of the molecule is COCc1cccc(OC[B-](F)(F)F)c1. The van der Waals surface area contributed by atoms with Gasteiger partial charge in [-0.25, -0.2) is 0 Å². The highest BCUT2D eigenvalue weighted by Gasteiger charge is 2.24. The maximum atomic E-state index is 11.9. The van der Waals surface area contributed by atoms with Gasteiger partial charge in [0.05, 0.1) is 13.1 Å². The van der Waals surface area contributed by atoms with Crippen LogP contribution >= 0.6 is 0 Å². The highest BCUT2D eigenvalue weighted by Crippen LogP contribution is 2.16. The highest BCUT2D eigenvalue weighted by atomic mass is 19.4. The van der Waals surface area contributed by atoms with Crippen molar-refractivity contribution in [3.8, 4) is 5.75 Å². The Morgan fingerprint density at radius 2 is 2.00 bits per heavy atom. The third-order valence-electron chi connectivity index (χ3n) is 1.65. The molecule has 0 aliphatic carbocycles. The van der Waals surface area contributed by atoms with Crippen LogP contribution in [0, 0.1) is 0 Å². The Morgan fingerprint density at radius 1 is 1.27 bits per heavy atom. The molecule has 0 amide bonds. The van der Waals surface area contributed by atoms with Crippen molar-refractivity contribution in [2.75, 3.05) is 13.6 Å². The Labute approximate surface area is 86.1 Å². The van der Waals surface area contributed by atoms with E-state index in [2.05, 4.69) is 4.74 Å². The standard InChI is InChI=1S/C9H11BF3O2/c1-14-6-8-3-2-4-9(5-8)15-7-10(11,12)13/h2-5H,6-7H2,1H3/q-1. The van der Waals surface area contributed by atoms with Crippen LogP contribution in [0.4, 0.5) is 12.9 Å². The first-order chi connectivity index (χ1) is 7.01. The van der Waals surface area contributed by atoms with Crippen molar-refractivity contribution in [2.24, 2.45) is 0 Å². The van der Waals surface area contributed by atoms with Crippen LogP contribution in [-0.2, 0) is 11.3 Å². The van der Waals surface area contributed by atoms with E-state index in [1.165, 1.54) is 19.2 Å². The van der Waals surface area contributed by atoms with Crippen LogP contribution in [0.1, 0.15) is 5.56 Å². The first-order valence-electron chi connectivity index (χ1n) is 4.43. The van der Waals surface area contributed by atoms with Gasteiger partial charge in [0, 0.05) is 7.11 Å². The third-order valence-corrected chi connectivity index (χ3v) is 1.65. The number of benzene rings is 1. The van der Waals surface area contributed by atoms with E-state index < -0.39 is 13.5 Å². The zero-order valence-corrected chi connectivity index (χ0v) is 8.25. The smallest absolute Gasteiger partial charge is 0.515 e. The van der Waals surface area contributed by atoms with Crippen LogP contribution in [0.3, 0.4) is 0 Å². The zero-order chi connectivity index (χ0) is 11.3. The summed E-state index contributed by atoms with van der Waals surface area (Å²) in [5.74, 6) is 0.212. The van der Waals surface area contributed by atoms with Crippen molar-refractivity contribution in [3.05, 3.63) is 29.8 Å². The molecular weight excluding hydrogens is 208 g/mol. The molecule has 84 valence electrons. The maximum absolute atomic E-state index is 11.9. The molecule has 0 heterocycles. The molecule has 0 spiro atoms. The fourth-order valence-corrected chi connectivity index (χ4v) is 1.08. The number of methoxy groups -OCH3 is 1. The molecule has 0 saturated heterocycles. The molecule has 0 fully saturated rings. The van der Waals surface area contributed by atoms with Crippen molar-refractivity contribution in [2.45, 2.75) is 6.61 Å². The average Bonchev–Trinajstić information content (AvgIpc) is 2.15. The Kier molecular flexibility index (Phi) is 4.02. The van der Waals surface area contributed by atoms with Crippen LogP contribution < -0.4 is 4.74 Å². The minimum atomic E-state index is -4.90. The molecule has 0 aromatic heterocycles. The number of hydrogen-bond donors (Lipinski definition) is 0. The second-order valence-corrected chi connectivity index (χ2v) is 3.10. The number of hydrogen-bond acceptors (Lipinski definition) is 2. The van der Waals surface area contributed by atoms with E-state index in [1.54, 1.807) is 12.1 Å². The lowest BCUT2D eigenvalue weighted by Gasteiger charge is -2.15. The van der Waals surface area contributed by atoms with E-state index in [1.807, 2.05) is 0 Å². The minimum absolute atomic E-state index is 0.212. The molecule has 0 saturated carbocycles. The molecular formula is C9H11BF3O2-. The van der Waals surface area contributed by atoms with Crippen LogP contribution in [0.25, 0.3) is 0 Å². The number of rotatable bonds is 5.